The minimum atomic E-state index is -2.97. The highest BCUT2D eigenvalue weighted by Gasteiger charge is 2.28. The number of nitrogens with one attached hydrogen (secondary N) is 1. The van der Waals surface area contributed by atoms with Crippen LogP contribution in [-0.4, -0.2) is 81.4 Å². The van der Waals surface area contributed by atoms with Crippen molar-refractivity contribution in [1.82, 2.24) is 15.1 Å². The first-order chi connectivity index (χ1) is 8.96. The molecule has 0 bridgehead atoms. The summed E-state index contributed by atoms with van der Waals surface area (Å²) < 4.78 is 23.1. The van der Waals surface area contributed by atoms with Gasteiger partial charge >= 0.3 is 0 Å². The van der Waals surface area contributed by atoms with Gasteiger partial charge in [-0.2, -0.15) is 0 Å². The largest absolute Gasteiger partial charge is 0.341 e. The Hall–Kier alpha value is -0.660. The summed E-state index contributed by atoms with van der Waals surface area (Å²) in [6, 6.07) is -0.216. The smallest absolute Gasteiger partial charge is 0.224 e. The highest BCUT2D eigenvalue weighted by Crippen LogP contribution is 2.09. The van der Waals surface area contributed by atoms with E-state index in [2.05, 4.69) is 17.3 Å². The van der Waals surface area contributed by atoms with Gasteiger partial charge in [0.15, 0.2) is 9.84 Å². The minimum absolute atomic E-state index is 0.0740. The Bertz CT molecular complexity index is 424. The number of amides is 1. The quantitative estimate of drug-likeness (QED) is 0.701. The molecule has 2 saturated heterocycles. The molecule has 0 radical (unpaired) electrons. The summed E-state index contributed by atoms with van der Waals surface area (Å²) in [5, 5.41) is 3.13. The molecule has 0 spiro atoms. The monoisotopic (exact) mass is 289 g/mol. The number of carbonyl (C=O) groups excluding carboxylic acids is 1. The van der Waals surface area contributed by atoms with E-state index >= 15 is 0 Å². The van der Waals surface area contributed by atoms with Gasteiger partial charge in [-0.1, -0.05) is 0 Å². The average molecular weight is 289 g/mol. The first kappa shape index (κ1) is 14.7. The number of sulfone groups is 1. The molecule has 0 aromatic heterocycles. The van der Waals surface area contributed by atoms with Gasteiger partial charge in [0.25, 0.3) is 0 Å². The Balaban J connectivity index is 1.86. The van der Waals surface area contributed by atoms with E-state index in [0.717, 1.165) is 32.6 Å². The molecule has 0 saturated carbocycles. The molecular weight excluding hydrogens is 266 g/mol. The Morgan fingerprint density at radius 3 is 2.79 bits per heavy atom. The van der Waals surface area contributed by atoms with Crippen LogP contribution in [0.2, 0.25) is 0 Å². The van der Waals surface area contributed by atoms with Crippen LogP contribution in [0.4, 0.5) is 0 Å². The molecule has 2 rings (SSSR count). The van der Waals surface area contributed by atoms with Gasteiger partial charge in [-0.15, -0.1) is 0 Å². The summed E-state index contributed by atoms with van der Waals surface area (Å²) in [6.45, 7) is 3.89. The molecule has 2 fully saturated rings. The van der Waals surface area contributed by atoms with E-state index in [0.29, 0.717) is 13.0 Å². The second kappa shape index (κ2) is 6.19. The maximum Gasteiger partial charge on any atom is 0.224 e. The Morgan fingerprint density at radius 2 is 2.05 bits per heavy atom. The molecule has 1 atom stereocenters. The zero-order valence-electron chi connectivity index (χ0n) is 11.5. The van der Waals surface area contributed by atoms with Crippen LogP contribution in [0.15, 0.2) is 0 Å². The van der Waals surface area contributed by atoms with Crippen LogP contribution in [0.25, 0.3) is 0 Å². The maximum absolute atomic E-state index is 12.2. The van der Waals surface area contributed by atoms with Gasteiger partial charge in [-0.05, 0) is 20.0 Å². The maximum atomic E-state index is 12.2. The third-order valence-electron chi connectivity index (χ3n) is 3.79. The van der Waals surface area contributed by atoms with Crippen molar-refractivity contribution in [1.29, 1.82) is 0 Å². The number of likely N-dealkylation sites (N-methyl/N-ethyl adjacent to an activating group) is 1. The van der Waals surface area contributed by atoms with Crippen LogP contribution >= 0.6 is 0 Å². The summed E-state index contributed by atoms with van der Waals surface area (Å²) in [4.78, 5) is 16.3. The Labute approximate surface area is 115 Å². The van der Waals surface area contributed by atoms with Crippen LogP contribution in [-0.2, 0) is 14.6 Å². The number of carbonyl (C=O) groups is 1. The number of hydrogen-bond donors (Lipinski definition) is 1. The van der Waals surface area contributed by atoms with Crippen molar-refractivity contribution in [2.45, 2.75) is 18.9 Å². The number of nitrogens with zero attached hydrogens (tertiary/aromatic N) is 2. The summed E-state index contributed by atoms with van der Waals surface area (Å²) in [5.74, 6) is 0.350. The van der Waals surface area contributed by atoms with Crippen molar-refractivity contribution in [2.75, 3.05) is 51.3 Å². The van der Waals surface area contributed by atoms with Crippen molar-refractivity contribution in [3.05, 3.63) is 0 Å². The minimum Gasteiger partial charge on any atom is -0.341 e. The van der Waals surface area contributed by atoms with Crippen LogP contribution in [0.1, 0.15) is 12.8 Å². The lowest BCUT2D eigenvalue weighted by Gasteiger charge is -2.26. The van der Waals surface area contributed by atoms with Gasteiger partial charge in [0.2, 0.25) is 5.91 Å². The molecule has 6 nitrogen and oxygen atoms in total. The lowest BCUT2D eigenvalue weighted by Crippen LogP contribution is -2.48. The van der Waals surface area contributed by atoms with E-state index in [1.165, 1.54) is 0 Å². The molecule has 7 heteroatoms. The van der Waals surface area contributed by atoms with Crippen molar-refractivity contribution >= 4 is 15.7 Å². The fraction of sp³-hybridized carbons (Fsp3) is 0.917. The van der Waals surface area contributed by atoms with Crippen LogP contribution < -0.4 is 5.32 Å². The molecule has 1 amide bonds. The molecule has 0 aromatic carbocycles. The molecule has 2 heterocycles. The Morgan fingerprint density at radius 1 is 1.26 bits per heavy atom. The normalized spacial score (nSPS) is 28.9. The van der Waals surface area contributed by atoms with E-state index in [1.54, 1.807) is 0 Å². The highest BCUT2D eigenvalue weighted by atomic mass is 32.2. The molecule has 19 heavy (non-hydrogen) atoms. The van der Waals surface area contributed by atoms with E-state index in [-0.39, 0.29) is 23.5 Å². The molecule has 1 N–H and O–H groups in total. The SMILES string of the molecule is CN1CCCN(C(=O)CC2CS(=O)(=O)CCN2)CC1. The van der Waals surface area contributed by atoms with E-state index < -0.39 is 9.84 Å². The van der Waals surface area contributed by atoms with Gasteiger partial charge in [-0.25, -0.2) is 8.42 Å². The van der Waals surface area contributed by atoms with Gasteiger partial charge < -0.3 is 15.1 Å². The van der Waals surface area contributed by atoms with Gasteiger partial charge in [-0.3, -0.25) is 4.79 Å². The lowest BCUT2D eigenvalue weighted by molar-refractivity contribution is -0.131. The summed E-state index contributed by atoms with van der Waals surface area (Å²) >= 11 is 0. The zero-order valence-corrected chi connectivity index (χ0v) is 12.3. The molecule has 0 aliphatic carbocycles. The van der Waals surface area contributed by atoms with Crippen LogP contribution in [0.3, 0.4) is 0 Å². The van der Waals surface area contributed by atoms with Gasteiger partial charge in [0.1, 0.15) is 0 Å². The van der Waals surface area contributed by atoms with Gasteiger partial charge in [0, 0.05) is 38.6 Å². The number of rotatable bonds is 2. The predicted molar refractivity (Wildman–Crippen MR) is 73.8 cm³/mol. The highest BCUT2D eigenvalue weighted by molar-refractivity contribution is 7.91. The molecule has 110 valence electrons. The molecular formula is C12H23N3O3S. The summed E-state index contributed by atoms with van der Waals surface area (Å²) in [5.41, 5.74) is 0. The number of hydrogen-bond acceptors (Lipinski definition) is 5. The first-order valence-corrected chi connectivity index (χ1v) is 8.68. The lowest BCUT2D eigenvalue weighted by atomic mass is 10.2. The standard InChI is InChI=1S/C12H23N3O3S/c1-14-4-2-5-15(7-6-14)12(16)9-11-10-19(17,18)8-3-13-11/h11,13H,2-10H2,1H3. The fourth-order valence-electron chi connectivity index (χ4n) is 2.63. The molecule has 1 unspecified atom stereocenters. The van der Waals surface area contributed by atoms with E-state index in [9.17, 15) is 13.2 Å². The topological polar surface area (TPSA) is 69.7 Å². The zero-order chi connectivity index (χ0) is 13.9. The molecule has 2 aliphatic rings. The fourth-order valence-corrected chi connectivity index (χ4v) is 4.08. The predicted octanol–water partition coefficient (Wildman–Crippen LogP) is -1.07. The van der Waals surface area contributed by atoms with Crippen molar-refractivity contribution in [3.63, 3.8) is 0 Å². The van der Waals surface area contributed by atoms with E-state index in [4.69, 9.17) is 0 Å². The van der Waals surface area contributed by atoms with Gasteiger partial charge in [0.05, 0.1) is 11.5 Å². The van der Waals surface area contributed by atoms with Crippen molar-refractivity contribution < 1.29 is 13.2 Å². The van der Waals surface area contributed by atoms with Crippen LogP contribution in [0, 0.1) is 0 Å². The Kier molecular flexibility index (Phi) is 4.81. The summed E-state index contributed by atoms with van der Waals surface area (Å²) in [6.07, 6.45) is 1.28. The third kappa shape index (κ3) is 4.43. The second-order valence-electron chi connectivity index (χ2n) is 5.51. The average Bonchev–Trinajstić information content (AvgIpc) is 2.52. The molecule has 2 aliphatic heterocycles. The van der Waals surface area contributed by atoms with E-state index in [1.807, 2.05) is 4.90 Å². The second-order valence-corrected chi connectivity index (χ2v) is 7.74. The molecule has 0 aromatic rings. The first-order valence-electron chi connectivity index (χ1n) is 6.86. The third-order valence-corrected chi connectivity index (χ3v) is 5.53. The van der Waals surface area contributed by atoms with Crippen molar-refractivity contribution in [3.8, 4) is 0 Å². The van der Waals surface area contributed by atoms with Crippen LogP contribution in [0.5, 0.6) is 0 Å². The summed E-state index contributed by atoms with van der Waals surface area (Å²) in [7, 11) is -0.907. The van der Waals surface area contributed by atoms with Crippen molar-refractivity contribution in [2.24, 2.45) is 0 Å².